The van der Waals surface area contributed by atoms with Crippen molar-refractivity contribution in [3.8, 4) is 0 Å². The summed E-state index contributed by atoms with van der Waals surface area (Å²) in [6.45, 7) is 0. The van der Waals surface area contributed by atoms with Gasteiger partial charge in [-0.05, 0) is 30.3 Å². The molecule has 0 amide bonds. The topological polar surface area (TPSA) is 53.1 Å². The number of carboxylic acid groups (broad SMARTS) is 1. The number of nitrogens with one attached hydrogen (secondary N) is 1. The van der Waals surface area contributed by atoms with Crippen molar-refractivity contribution in [1.82, 2.24) is 4.98 Å². The van der Waals surface area contributed by atoms with Crippen LogP contribution >= 0.6 is 11.8 Å². The maximum atomic E-state index is 11.1. The van der Waals surface area contributed by atoms with Crippen LogP contribution in [0.15, 0.2) is 64.5 Å². The minimum atomic E-state index is -0.909. The van der Waals surface area contributed by atoms with Crippen LogP contribution in [-0.4, -0.2) is 16.1 Å². The number of carbonyl (C=O) groups is 1. The largest absolute Gasteiger partial charge is 0.478 e. The van der Waals surface area contributed by atoms with E-state index in [2.05, 4.69) is 4.98 Å². The standard InChI is InChI=1S/C15H11NO2S/c17-15(18)13-9-16-14-7-6-11(8-12(13)14)19-10-4-2-1-3-5-10/h1-9,16H,(H,17,18). The third kappa shape index (κ3) is 2.35. The van der Waals surface area contributed by atoms with E-state index >= 15 is 0 Å². The van der Waals surface area contributed by atoms with E-state index < -0.39 is 5.97 Å². The average Bonchev–Trinajstić information content (AvgIpc) is 2.83. The number of aromatic carboxylic acids is 1. The summed E-state index contributed by atoms with van der Waals surface area (Å²) in [6, 6.07) is 15.8. The van der Waals surface area contributed by atoms with E-state index in [0.29, 0.717) is 5.56 Å². The van der Waals surface area contributed by atoms with E-state index in [1.807, 2.05) is 48.5 Å². The molecule has 0 saturated carbocycles. The Bertz CT molecular complexity index is 734. The third-order valence-corrected chi connectivity index (χ3v) is 3.86. The van der Waals surface area contributed by atoms with Gasteiger partial charge < -0.3 is 10.1 Å². The quantitative estimate of drug-likeness (QED) is 0.755. The van der Waals surface area contributed by atoms with E-state index in [4.69, 9.17) is 5.11 Å². The van der Waals surface area contributed by atoms with Crippen molar-refractivity contribution in [3.63, 3.8) is 0 Å². The van der Waals surface area contributed by atoms with Gasteiger partial charge in [-0.2, -0.15) is 0 Å². The van der Waals surface area contributed by atoms with Crippen molar-refractivity contribution in [2.75, 3.05) is 0 Å². The van der Waals surface area contributed by atoms with Crippen molar-refractivity contribution in [2.45, 2.75) is 9.79 Å². The van der Waals surface area contributed by atoms with Crippen molar-refractivity contribution in [3.05, 3.63) is 60.3 Å². The van der Waals surface area contributed by atoms with Gasteiger partial charge in [0, 0.05) is 26.9 Å². The summed E-state index contributed by atoms with van der Waals surface area (Å²) in [5.41, 5.74) is 1.15. The zero-order valence-corrected chi connectivity index (χ0v) is 10.8. The Morgan fingerprint density at radius 1 is 1.05 bits per heavy atom. The molecule has 0 aliphatic rings. The molecule has 0 saturated heterocycles. The number of hydrogen-bond acceptors (Lipinski definition) is 2. The fourth-order valence-corrected chi connectivity index (χ4v) is 2.84. The number of H-pyrrole nitrogens is 1. The Labute approximate surface area is 114 Å². The molecule has 3 nitrogen and oxygen atoms in total. The summed E-state index contributed by atoms with van der Waals surface area (Å²) in [6.07, 6.45) is 1.53. The van der Waals surface area contributed by atoms with Gasteiger partial charge in [0.25, 0.3) is 0 Å². The van der Waals surface area contributed by atoms with E-state index in [9.17, 15) is 4.79 Å². The molecule has 3 rings (SSSR count). The Morgan fingerprint density at radius 3 is 2.58 bits per heavy atom. The number of aromatic nitrogens is 1. The minimum Gasteiger partial charge on any atom is -0.478 e. The van der Waals surface area contributed by atoms with E-state index in [-0.39, 0.29) is 0 Å². The monoisotopic (exact) mass is 269 g/mol. The molecule has 2 aromatic carbocycles. The minimum absolute atomic E-state index is 0.311. The zero-order valence-electron chi connectivity index (χ0n) is 9.96. The second-order valence-electron chi connectivity index (χ2n) is 4.13. The van der Waals surface area contributed by atoms with Crippen LogP contribution in [0.3, 0.4) is 0 Å². The van der Waals surface area contributed by atoms with Gasteiger partial charge >= 0.3 is 5.97 Å². The van der Waals surface area contributed by atoms with Crippen molar-refractivity contribution in [2.24, 2.45) is 0 Å². The van der Waals surface area contributed by atoms with Crippen LogP contribution in [0.2, 0.25) is 0 Å². The maximum Gasteiger partial charge on any atom is 0.337 e. The first-order valence-corrected chi connectivity index (χ1v) is 6.63. The average molecular weight is 269 g/mol. The number of fused-ring (bicyclic) bond motifs is 1. The lowest BCUT2D eigenvalue weighted by Crippen LogP contribution is -1.93. The molecule has 2 N–H and O–H groups in total. The molecule has 19 heavy (non-hydrogen) atoms. The van der Waals surface area contributed by atoms with Gasteiger partial charge in [-0.1, -0.05) is 30.0 Å². The van der Waals surface area contributed by atoms with Crippen LogP contribution in [0.1, 0.15) is 10.4 Å². The fraction of sp³-hybridized carbons (Fsp3) is 0. The molecule has 0 atom stereocenters. The smallest absolute Gasteiger partial charge is 0.337 e. The summed E-state index contributed by atoms with van der Waals surface area (Å²) in [5.74, 6) is -0.909. The highest BCUT2D eigenvalue weighted by Crippen LogP contribution is 2.30. The third-order valence-electron chi connectivity index (χ3n) is 2.86. The van der Waals surface area contributed by atoms with E-state index in [1.54, 1.807) is 11.8 Å². The Kier molecular flexibility index (Phi) is 3.01. The summed E-state index contributed by atoms with van der Waals surface area (Å²) >= 11 is 1.62. The lowest BCUT2D eigenvalue weighted by molar-refractivity contribution is 0.0699. The molecule has 0 bridgehead atoms. The molecule has 0 spiro atoms. The molecule has 0 unspecified atom stereocenters. The SMILES string of the molecule is O=C(O)c1c[nH]c2ccc(Sc3ccccc3)cc12. The summed E-state index contributed by atoms with van der Waals surface area (Å²) in [5, 5.41) is 9.87. The van der Waals surface area contributed by atoms with Gasteiger partial charge in [-0.15, -0.1) is 0 Å². The van der Waals surface area contributed by atoms with Crippen LogP contribution < -0.4 is 0 Å². The molecule has 0 radical (unpaired) electrons. The van der Waals surface area contributed by atoms with Gasteiger partial charge in [0.15, 0.2) is 0 Å². The maximum absolute atomic E-state index is 11.1. The lowest BCUT2D eigenvalue weighted by atomic mass is 10.2. The van der Waals surface area contributed by atoms with E-state index in [1.165, 1.54) is 6.20 Å². The molecule has 0 aliphatic carbocycles. The Balaban J connectivity index is 2.01. The highest BCUT2D eigenvalue weighted by Gasteiger charge is 2.10. The van der Waals surface area contributed by atoms with Crippen LogP contribution in [0.4, 0.5) is 0 Å². The molecular formula is C15H11NO2S. The first-order valence-electron chi connectivity index (χ1n) is 5.81. The molecular weight excluding hydrogens is 258 g/mol. The highest BCUT2D eigenvalue weighted by atomic mass is 32.2. The number of benzene rings is 2. The van der Waals surface area contributed by atoms with Crippen LogP contribution in [0, 0.1) is 0 Å². The Morgan fingerprint density at radius 2 is 1.84 bits per heavy atom. The van der Waals surface area contributed by atoms with Gasteiger partial charge in [0.1, 0.15) is 0 Å². The van der Waals surface area contributed by atoms with Crippen molar-refractivity contribution < 1.29 is 9.90 Å². The van der Waals surface area contributed by atoms with Gasteiger partial charge in [0.2, 0.25) is 0 Å². The number of rotatable bonds is 3. The fourth-order valence-electron chi connectivity index (χ4n) is 1.96. The molecule has 1 heterocycles. The molecule has 1 aromatic heterocycles. The highest BCUT2D eigenvalue weighted by molar-refractivity contribution is 7.99. The lowest BCUT2D eigenvalue weighted by Gasteiger charge is -2.02. The second kappa shape index (κ2) is 4.82. The Hall–Kier alpha value is -2.20. The summed E-state index contributed by atoms with van der Waals surface area (Å²) < 4.78 is 0. The molecule has 94 valence electrons. The molecule has 4 heteroatoms. The summed E-state index contributed by atoms with van der Waals surface area (Å²) in [7, 11) is 0. The molecule has 0 aliphatic heterocycles. The molecule has 0 fully saturated rings. The number of carboxylic acids is 1. The molecule has 3 aromatic rings. The van der Waals surface area contributed by atoms with Crippen LogP contribution in [0.5, 0.6) is 0 Å². The van der Waals surface area contributed by atoms with Gasteiger partial charge in [-0.25, -0.2) is 4.79 Å². The van der Waals surface area contributed by atoms with Crippen molar-refractivity contribution >= 4 is 28.6 Å². The number of aromatic amines is 1. The van der Waals surface area contributed by atoms with Gasteiger partial charge in [-0.3, -0.25) is 0 Å². The first-order chi connectivity index (χ1) is 9.24. The zero-order chi connectivity index (χ0) is 13.2. The van der Waals surface area contributed by atoms with Crippen LogP contribution in [0.25, 0.3) is 10.9 Å². The van der Waals surface area contributed by atoms with Crippen molar-refractivity contribution in [1.29, 1.82) is 0 Å². The van der Waals surface area contributed by atoms with Crippen LogP contribution in [-0.2, 0) is 0 Å². The first kappa shape index (κ1) is 11.9. The predicted octanol–water partition coefficient (Wildman–Crippen LogP) is 4.02. The van der Waals surface area contributed by atoms with E-state index in [0.717, 1.165) is 20.7 Å². The predicted molar refractivity (Wildman–Crippen MR) is 75.8 cm³/mol. The number of hydrogen-bond donors (Lipinski definition) is 2. The van der Waals surface area contributed by atoms with Gasteiger partial charge in [0.05, 0.1) is 5.56 Å². The summed E-state index contributed by atoms with van der Waals surface area (Å²) in [4.78, 5) is 16.3. The second-order valence-corrected chi connectivity index (χ2v) is 5.28. The normalized spacial score (nSPS) is 10.7.